The average Bonchev–Trinajstić information content (AvgIpc) is 3.10. The zero-order valence-electron chi connectivity index (χ0n) is 13.6. The van der Waals surface area contributed by atoms with E-state index in [1.807, 2.05) is 0 Å². The van der Waals surface area contributed by atoms with E-state index in [-0.39, 0.29) is 6.04 Å². The first kappa shape index (κ1) is 14.2. The summed E-state index contributed by atoms with van der Waals surface area (Å²) in [5.74, 6) is 0.989. The Morgan fingerprint density at radius 2 is 2.10 bits per heavy atom. The van der Waals surface area contributed by atoms with E-state index in [0.29, 0.717) is 11.5 Å². The van der Waals surface area contributed by atoms with Crippen LogP contribution in [0.25, 0.3) is 0 Å². The fraction of sp³-hybridized carbons (Fsp3) is 0.778. The summed E-state index contributed by atoms with van der Waals surface area (Å²) >= 11 is 0. The molecule has 0 amide bonds. The third-order valence-corrected chi connectivity index (χ3v) is 5.33. The van der Waals surface area contributed by atoms with Gasteiger partial charge in [-0.2, -0.15) is 0 Å². The summed E-state index contributed by atoms with van der Waals surface area (Å²) in [6.07, 6.45) is 7.81. The van der Waals surface area contributed by atoms with Crippen molar-refractivity contribution in [1.29, 1.82) is 0 Å². The lowest BCUT2D eigenvalue weighted by Crippen LogP contribution is -2.31. The van der Waals surface area contributed by atoms with Crippen molar-refractivity contribution < 1.29 is 0 Å². The van der Waals surface area contributed by atoms with Gasteiger partial charge >= 0.3 is 0 Å². The lowest BCUT2D eigenvalue weighted by atomic mass is 9.74. The van der Waals surface area contributed by atoms with E-state index in [4.69, 9.17) is 5.73 Å². The van der Waals surface area contributed by atoms with Crippen molar-refractivity contribution in [2.75, 3.05) is 0 Å². The van der Waals surface area contributed by atoms with Crippen molar-refractivity contribution in [2.24, 2.45) is 17.1 Å². The van der Waals surface area contributed by atoms with Crippen LogP contribution in [0.2, 0.25) is 0 Å². The van der Waals surface area contributed by atoms with Crippen LogP contribution < -0.4 is 5.73 Å². The molecule has 1 heterocycles. The van der Waals surface area contributed by atoms with Gasteiger partial charge in [0, 0.05) is 23.5 Å². The van der Waals surface area contributed by atoms with Crippen LogP contribution in [0.1, 0.15) is 81.9 Å². The molecule has 2 nitrogen and oxygen atoms in total. The lowest BCUT2D eigenvalue weighted by molar-refractivity contribution is 0.268. The van der Waals surface area contributed by atoms with Gasteiger partial charge in [0.15, 0.2) is 0 Å². The van der Waals surface area contributed by atoms with Gasteiger partial charge in [-0.3, -0.25) is 0 Å². The third-order valence-electron chi connectivity index (χ3n) is 5.33. The second-order valence-electron chi connectivity index (χ2n) is 7.95. The Kier molecular flexibility index (Phi) is 3.48. The molecule has 2 atom stereocenters. The molecule has 20 heavy (non-hydrogen) atoms. The summed E-state index contributed by atoms with van der Waals surface area (Å²) in [5.41, 5.74) is 11.2. The van der Waals surface area contributed by atoms with Gasteiger partial charge in [0.1, 0.15) is 0 Å². The van der Waals surface area contributed by atoms with Crippen LogP contribution in [0.5, 0.6) is 0 Å². The minimum Gasteiger partial charge on any atom is -0.346 e. The van der Waals surface area contributed by atoms with Crippen LogP contribution in [0.3, 0.4) is 0 Å². The second kappa shape index (κ2) is 4.91. The number of nitrogens with zero attached hydrogens (tertiary/aromatic N) is 1. The average molecular weight is 274 g/mol. The van der Waals surface area contributed by atoms with E-state index in [1.165, 1.54) is 43.4 Å². The van der Waals surface area contributed by atoms with Gasteiger partial charge in [-0.25, -0.2) is 0 Å². The van der Waals surface area contributed by atoms with Crippen molar-refractivity contribution in [3.63, 3.8) is 0 Å². The molecule has 0 radical (unpaired) electrons. The predicted octanol–water partition coefficient (Wildman–Crippen LogP) is 4.52. The van der Waals surface area contributed by atoms with Gasteiger partial charge in [0.2, 0.25) is 0 Å². The minimum absolute atomic E-state index is 0.229. The summed E-state index contributed by atoms with van der Waals surface area (Å²) in [6.45, 7) is 9.34. The molecule has 1 aromatic heterocycles. The fourth-order valence-electron chi connectivity index (χ4n) is 4.17. The smallest absolute Gasteiger partial charge is 0.0336 e. The maximum absolute atomic E-state index is 6.45. The van der Waals surface area contributed by atoms with E-state index in [9.17, 15) is 0 Å². The van der Waals surface area contributed by atoms with Gasteiger partial charge in [-0.05, 0) is 55.6 Å². The van der Waals surface area contributed by atoms with Crippen LogP contribution in [-0.4, -0.2) is 4.57 Å². The van der Waals surface area contributed by atoms with Crippen molar-refractivity contribution in [3.8, 4) is 0 Å². The van der Waals surface area contributed by atoms with Gasteiger partial charge in [0.25, 0.3) is 0 Å². The van der Waals surface area contributed by atoms with Crippen LogP contribution in [0, 0.1) is 18.3 Å². The summed E-state index contributed by atoms with van der Waals surface area (Å²) in [7, 11) is 0. The molecule has 112 valence electrons. The summed E-state index contributed by atoms with van der Waals surface area (Å²) in [6, 6.07) is 3.28. The zero-order chi connectivity index (χ0) is 14.5. The van der Waals surface area contributed by atoms with Gasteiger partial charge in [-0.15, -0.1) is 0 Å². The second-order valence-corrected chi connectivity index (χ2v) is 7.95. The molecule has 2 N–H and O–H groups in total. The van der Waals surface area contributed by atoms with E-state index in [2.05, 4.69) is 38.3 Å². The van der Waals surface area contributed by atoms with Gasteiger partial charge in [0.05, 0.1) is 0 Å². The molecule has 0 aliphatic heterocycles. The first-order valence-corrected chi connectivity index (χ1v) is 8.37. The molecule has 0 spiro atoms. The van der Waals surface area contributed by atoms with Crippen molar-refractivity contribution >= 4 is 0 Å². The highest BCUT2D eigenvalue weighted by molar-refractivity contribution is 5.34. The number of aryl methyl sites for hydroxylation is 1. The molecule has 1 aromatic rings. The topological polar surface area (TPSA) is 30.9 Å². The number of rotatable bonds is 4. The Labute approximate surface area is 123 Å². The molecular formula is C18H30N2. The molecule has 2 unspecified atom stereocenters. The van der Waals surface area contributed by atoms with Crippen LogP contribution in [0.4, 0.5) is 0 Å². The van der Waals surface area contributed by atoms with Crippen molar-refractivity contribution in [2.45, 2.75) is 78.3 Å². The number of fused-ring (bicyclic) bond motifs is 1. The normalized spacial score (nSPS) is 26.4. The highest BCUT2D eigenvalue weighted by Gasteiger charge is 2.35. The Morgan fingerprint density at radius 1 is 1.40 bits per heavy atom. The van der Waals surface area contributed by atoms with Crippen LogP contribution in [0.15, 0.2) is 6.07 Å². The third kappa shape index (κ3) is 2.55. The van der Waals surface area contributed by atoms with Crippen LogP contribution in [-0.2, 0) is 6.42 Å². The quantitative estimate of drug-likeness (QED) is 0.860. The minimum atomic E-state index is 0.229. The van der Waals surface area contributed by atoms with E-state index >= 15 is 0 Å². The highest BCUT2D eigenvalue weighted by Crippen LogP contribution is 2.44. The van der Waals surface area contributed by atoms with Gasteiger partial charge in [-0.1, -0.05) is 33.6 Å². The number of hydrogen-bond acceptors (Lipinski definition) is 1. The molecule has 1 saturated carbocycles. The fourth-order valence-corrected chi connectivity index (χ4v) is 4.17. The maximum Gasteiger partial charge on any atom is 0.0336 e. The zero-order valence-corrected chi connectivity index (χ0v) is 13.6. The predicted molar refractivity (Wildman–Crippen MR) is 84.9 cm³/mol. The van der Waals surface area contributed by atoms with E-state index in [1.54, 1.807) is 5.69 Å². The molecular weight excluding hydrogens is 244 g/mol. The molecule has 2 heteroatoms. The molecule has 3 rings (SSSR count). The molecule has 0 saturated heterocycles. The van der Waals surface area contributed by atoms with E-state index in [0.717, 1.165) is 12.3 Å². The number of hydrogen-bond donors (Lipinski definition) is 1. The summed E-state index contributed by atoms with van der Waals surface area (Å²) in [4.78, 5) is 0. The van der Waals surface area contributed by atoms with Gasteiger partial charge < -0.3 is 10.3 Å². The number of aromatic nitrogens is 1. The molecule has 2 aliphatic carbocycles. The first-order chi connectivity index (χ1) is 9.41. The Morgan fingerprint density at radius 3 is 2.70 bits per heavy atom. The molecule has 0 bridgehead atoms. The summed E-state index contributed by atoms with van der Waals surface area (Å²) in [5, 5.41) is 0. The Bertz CT molecular complexity index is 494. The maximum atomic E-state index is 6.45. The number of nitrogens with two attached hydrogens (primary N) is 1. The first-order valence-electron chi connectivity index (χ1n) is 8.37. The summed E-state index contributed by atoms with van der Waals surface area (Å²) < 4.78 is 2.65. The van der Waals surface area contributed by atoms with Crippen molar-refractivity contribution in [1.82, 2.24) is 4.57 Å². The highest BCUT2D eigenvalue weighted by atomic mass is 15.0. The Hall–Kier alpha value is -0.760. The van der Waals surface area contributed by atoms with E-state index < -0.39 is 0 Å². The SMILES string of the molecule is CCC(CC1CC1)n1c(C)cc2c1CC(C)(C)CC2N. The Balaban J connectivity index is 1.98. The molecule has 2 aliphatic rings. The standard InChI is InChI=1S/C18H30N2/c1-5-14(9-13-6-7-13)20-12(2)8-15-16(19)10-18(3,4)11-17(15)20/h8,13-14,16H,5-7,9-11,19H2,1-4H3. The van der Waals surface area contributed by atoms with Crippen molar-refractivity contribution in [3.05, 3.63) is 23.0 Å². The monoisotopic (exact) mass is 274 g/mol. The molecule has 1 fully saturated rings. The van der Waals surface area contributed by atoms with Crippen LogP contribution >= 0.6 is 0 Å². The largest absolute Gasteiger partial charge is 0.346 e. The lowest BCUT2D eigenvalue weighted by Gasteiger charge is -2.36. The molecule has 0 aromatic carbocycles.